The van der Waals surface area contributed by atoms with E-state index in [9.17, 15) is 4.79 Å². The van der Waals surface area contributed by atoms with Crippen LogP contribution in [0.3, 0.4) is 0 Å². The number of hydrazone groups is 1. The Morgan fingerprint density at radius 1 is 1.33 bits per heavy atom. The number of ether oxygens (including phenoxy) is 2. The normalized spacial score (nSPS) is 9.79. The van der Waals surface area contributed by atoms with Crippen molar-refractivity contribution in [1.29, 1.82) is 0 Å². The van der Waals surface area contributed by atoms with Gasteiger partial charge >= 0.3 is 5.97 Å². The first-order chi connectivity index (χ1) is 10.5. The Hall–Kier alpha value is -2.52. The highest BCUT2D eigenvalue weighted by Crippen LogP contribution is 2.27. The predicted octanol–water partition coefficient (Wildman–Crippen LogP) is 1.52. The van der Waals surface area contributed by atoms with Gasteiger partial charge in [0.05, 0.1) is 13.3 Å². The maximum absolute atomic E-state index is 11.0. The minimum absolute atomic E-state index is 0. The van der Waals surface area contributed by atoms with Crippen molar-refractivity contribution >= 4 is 42.9 Å². The number of nitrogens with one attached hydrogen (secondary N) is 1. The van der Waals surface area contributed by atoms with Crippen LogP contribution < -0.4 is 20.7 Å². The lowest BCUT2D eigenvalue weighted by Crippen LogP contribution is -2.13. The number of aromatic nitrogens is 3. The molecule has 0 aliphatic carbocycles. The molecule has 11 heteroatoms. The molecule has 0 spiro atoms. The molecule has 3 N–H and O–H groups in total. The fourth-order valence-electron chi connectivity index (χ4n) is 1.61. The number of halogens is 2. The molecule has 0 bridgehead atoms. The quantitative estimate of drug-likeness (QED) is 0.267. The van der Waals surface area contributed by atoms with Crippen molar-refractivity contribution < 1.29 is 14.3 Å². The van der Waals surface area contributed by atoms with E-state index < -0.39 is 5.97 Å². The number of carbonyl (C=O) groups is 1. The van der Waals surface area contributed by atoms with Gasteiger partial charge in [0, 0.05) is 6.92 Å². The van der Waals surface area contributed by atoms with E-state index in [0.717, 1.165) is 5.56 Å². The van der Waals surface area contributed by atoms with E-state index in [1.54, 1.807) is 31.3 Å². The molecule has 1 aromatic heterocycles. The monoisotopic (exact) mass is 376 g/mol. The number of benzene rings is 1. The van der Waals surface area contributed by atoms with Crippen molar-refractivity contribution in [1.82, 2.24) is 14.9 Å². The van der Waals surface area contributed by atoms with Gasteiger partial charge in [-0.1, -0.05) is 0 Å². The van der Waals surface area contributed by atoms with E-state index >= 15 is 0 Å². The maximum atomic E-state index is 11.0. The molecule has 0 fully saturated rings. The molecular formula is C13H18Cl2N6O3. The van der Waals surface area contributed by atoms with Crippen LogP contribution in [0.2, 0.25) is 0 Å². The molecule has 0 saturated heterocycles. The third-order valence-corrected chi connectivity index (χ3v) is 2.69. The molecule has 0 amide bonds. The molecule has 24 heavy (non-hydrogen) atoms. The van der Waals surface area contributed by atoms with Crippen molar-refractivity contribution in [2.45, 2.75) is 13.8 Å². The Bertz CT molecular complexity index is 720. The first-order valence-electron chi connectivity index (χ1n) is 6.34. The number of esters is 1. The molecule has 0 radical (unpaired) electrons. The van der Waals surface area contributed by atoms with Crippen LogP contribution >= 0.6 is 24.8 Å². The third-order valence-electron chi connectivity index (χ3n) is 2.69. The van der Waals surface area contributed by atoms with Crippen LogP contribution in [-0.2, 0) is 4.79 Å². The molecule has 0 unspecified atom stereocenters. The number of nitrogens with zero attached hydrogens (tertiary/aromatic N) is 4. The summed E-state index contributed by atoms with van der Waals surface area (Å²) in [6, 6.07) is 5.03. The number of rotatable bonds is 5. The van der Waals surface area contributed by atoms with Gasteiger partial charge in [-0.2, -0.15) is 5.10 Å². The van der Waals surface area contributed by atoms with E-state index in [4.69, 9.17) is 15.3 Å². The highest BCUT2D eigenvalue weighted by Gasteiger charge is 2.07. The van der Waals surface area contributed by atoms with Crippen LogP contribution in [0.25, 0.3) is 0 Å². The highest BCUT2D eigenvalue weighted by atomic mass is 35.5. The molecule has 0 aliphatic rings. The summed E-state index contributed by atoms with van der Waals surface area (Å²) in [4.78, 5) is 11.0. The second-order valence-electron chi connectivity index (χ2n) is 4.31. The van der Waals surface area contributed by atoms with Gasteiger partial charge in [-0.3, -0.25) is 4.79 Å². The zero-order valence-corrected chi connectivity index (χ0v) is 14.8. The lowest BCUT2D eigenvalue weighted by Gasteiger charge is -2.08. The zero-order chi connectivity index (χ0) is 16.1. The Labute approximate surface area is 151 Å². The average molecular weight is 377 g/mol. The number of methoxy groups -OCH3 is 1. The van der Waals surface area contributed by atoms with Crippen LogP contribution in [0, 0.1) is 6.92 Å². The first kappa shape index (κ1) is 21.5. The number of nitrogen functional groups attached to an aromatic ring is 1. The summed E-state index contributed by atoms with van der Waals surface area (Å²) in [5, 5.41) is 11.6. The fraction of sp³-hybridized carbons (Fsp3) is 0.231. The predicted molar refractivity (Wildman–Crippen MR) is 94.9 cm³/mol. The van der Waals surface area contributed by atoms with Crippen molar-refractivity contribution in [3.8, 4) is 11.5 Å². The van der Waals surface area contributed by atoms with Crippen LogP contribution in [0.5, 0.6) is 11.5 Å². The van der Waals surface area contributed by atoms with Crippen LogP contribution in [0.15, 0.2) is 23.3 Å². The van der Waals surface area contributed by atoms with E-state index in [1.807, 2.05) is 0 Å². The minimum Gasteiger partial charge on any atom is -0.493 e. The molecule has 0 atom stereocenters. The summed E-state index contributed by atoms with van der Waals surface area (Å²) in [6.45, 7) is 3.05. The van der Waals surface area contributed by atoms with Gasteiger partial charge in [-0.15, -0.1) is 35.0 Å². The number of hydrogen-bond donors (Lipinski definition) is 2. The van der Waals surface area contributed by atoms with E-state index in [-0.39, 0.29) is 24.8 Å². The molecule has 1 heterocycles. The maximum Gasteiger partial charge on any atom is 0.308 e. The van der Waals surface area contributed by atoms with Gasteiger partial charge in [-0.05, 0) is 30.7 Å². The number of aryl methyl sites for hydroxylation is 1. The van der Waals surface area contributed by atoms with Crippen molar-refractivity contribution in [3.63, 3.8) is 0 Å². The lowest BCUT2D eigenvalue weighted by molar-refractivity contribution is -0.132. The van der Waals surface area contributed by atoms with Gasteiger partial charge in [-0.25, -0.2) is 10.1 Å². The van der Waals surface area contributed by atoms with Crippen LogP contribution in [-0.4, -0.2) is 34.2 Å². The molecule has 2 rings (SSSR count). The lowest BCUT2D eigenvalue weighted by atomic mass is 10.2. The Balaban J connectivity index is 0.00000264. The van der Waals surface area contributed by atoms with Gasteiger partial charge in [0.25, 0.3) is 5.95 Å². The molecule has 2 aromatic rings. The van der Waals surface area contributed by atoms with Gasteiger partial charge in [0.2, 0.25) is 0 Å². The van der Waals surface area contributed by atoms with E-state index in [1.165, 1.54) is 18.7 Å². The molecule has 0 saturated carbocycles. The number of hydrogen-bond acceptors (Lipinski definition) is 8. The summed E-state index contributed by atoms with van der Waals surface area (Å²) >= 11 is 0. The van der Waals surface area contributed by atoms with Crippen LogP contribution in [0.4, 0.5) is 5.95 Å². The van der Waals surface area contributed by atoms with Crippen molar-refractivity contribution in [3.05, 3.63) is 29.6 Å². The minimum atomic E-state index is -0.418. The number of nitrogens with two attached hydrogens (primary N) is 1. The molecular weight excluding hydrogens is 359 g/mol. The van der Waals surface area contributed by atoms with Gasteiger partial charge in [0.15, 0.2) is 17.3 Å². The molecule has 0 aliphatic heterocycles. The Morgan fingerprint density at radius 3 is 2.58 bits per heavy atom. The highest BCUT2D eigenvalue weighted by molar-refractivity contribution is 5.85. The molecule has 9 nitrogen and oxygen atoms in total. The zero-order valence-electron chi connectivity index (χ0n) is 13.2. The van der Waals surface area contributed by atoms with E-state index in [0.29, 0.717) is 23.3 Å². The molecule has 132 valence electrons. The summed E-state index contributed by atoms with van der Waals surface area (Å²) in [5.41, 5.74) is 3.41. The summed E-state index contributed by atoms with van der Waals surface area (Å²) < 4.78 is 11.5. The molecule has 1 aromatic carbocycles. The van der Waals surface area contributed by atoms with Gasteiger partial charge < -0.3 is 15.3 Å². The Kier molecular flexibility index (Phi) is 8.58. The average Bonchev–Trinajstić information content (AvgIpc) is 2.80. The fourth-order valence-corrected chi connectivity index (χ4v) is 1.61. The second-order valence-corrected chi connectivity index (χ2v) is 4.31. The Morgan fingerprint density at radius 2 is 2.04 bits per heavy atom. The number of anilines is 1. The summed E-state index contributed by atoms with van der Waals surface area (Å²) in [5.74, 6) is 6.91. The summed E-state index contributed by atoms with van der Waals surface area (Å²) in [6.07, 6.45) is 1.55. The third kappa shape index (κ3) is 5.28. The number of carbonyl (C=O) groups excluding carboxylic acids is 1. The summed E-state index contributed by atoms with van der Waals surface area (Å²) in [7, 11) is 1.49. The largest absolute Gasteiger partial charge is 0.493 e. The topological polar surface area (TPSA) is 117 Å². The van der Waals surface area contributed by atoms with Crippen molar-refractivity contribution in [2.24, 2.45) is 5.10 Å². The smallest absolute Gasteiger partial charge is 0.308 e. The van der Waals surface area contributed by atoms with E-state index in [2.05, 4.69) is 20.7 Å². The van der Waals surface area contributed by atoms with Gasteiger partial charge in [0.1, 0.15) is 0 Å². The second kappa shape index (κ2) is 9.58. The SMILES string of the molecule is COc1cc(C=NNc2nnc(C)n2N)ccc1OC(C)=O.Cl.Cl. The van der Waals surface area contributed by atoms with Crippen LogP contribution in [0.1, 0.15) is 18.3 Å². The first-order valence-corrected chi connectivity index (χ1v) is 6.34. The standard InChI is InChI=1S/C13H16N6O3.2ClH/c1-8-16-18-13(19(8)14)17-15-7-10-4-5-11(22-9(2)20)12(6-10)21-3;;/h4-7H,14H2,1-3H3,(H,17,18);2*1H. The van der Waals surface area contributed by atoms with Crippen molar-refractivity contribution in [2.75, 3.05) is 18.4 Å².